The molecular weight excluding hydrogens is 391 g/mol. The van der Waals surface area contributed by atoms with Crippen molar-refractivity contribution in [3.8, 4) is 0 Å². The van der Waals surface area contributed by atoms with Crippen molar-refractivity contribution in [3.05, 3.63) is 59.4 Å². The first-order valence-electron chi connectivity index (χ1n) is 9.95. The van der Waals surface area contributed by atoms with Crippen LogP contribution in [-0.4, -0.2) is 20.1 Å². The minimum absolute atomic E-state index is 0.00587. The summed E-state index contributed by atoms with van der Waals surface area (Å²) in [5, 5.41) is 2.93. The van der Waals surface area contributed by atoms with Crippen molar-refractivity contribution in [2.75, 3.05) is 15.8 Å². The van der Waals surface area contributed by atoms with Crippen LogP contribution in [0.3, 0.4) is 0 Å². The van der Waals surface area contributed by atoms with Gasteiger partial charge < -0.3 is 5.32 Å². The number of hydrogen-bond donors (Lipinski definition) is 2. The minimum atomic E-state index is -3.36. The Morgan fingerprint density at radius 2 is 1.72 bits per heavy atom. The second kappa shape index (κ2) is 8.53. The first-order valence-corrected chi connectivity index (χ1v) is 11.6. The Hall–Kier alpha value is -2.41. The quantitative estimate of drug-likeness (QED) is 0.712. The Morgan fingerprint density at radius 1 is 1.07 bits per heavy atom. The number of halogens is 1. The Balaban J connectivity index is 1.90. The van der Waals surface area contributed by atoms with Crippen LogP contribution in [0.15, 0.2) is 42.5 Å². The standard InChI is InChI=1S/C22H27FN2O3S/c1-3-29(27,28)25-18-12-10-17(11-13-18)22(14-5-4-6-15-22)21(26)24-20-9-7-8-19(23)16(20)2/h7-13,25H,3-6,14-15H2,1-2H3,(H,24,26). The molecule has 0 spiro atoms. The summed E-state index contributed by atoms with van der Waals surface area (Å²) < 4.78 is 40.0. The summed E-state index contributed by atoms with van der Waals surface area (Å²) in [5.74, 6) is -0.505. The van der Waals surface area contributed by atoms with E-state index in [1.165, 1.54) is 6.07 Å². The number of sulfonamides is 1. The van der Waals surface area contributed by atoms with Gasteiger partial charge in [-0.05, 0) is 56.5 Å². The number of carbonyl (C=O) groups excluding carboxylic acids is 1. The summed E-state index contributed by atoms with van der Waals surface area (Å²) >= 11 is 0. The maximum absolute atomic E-state index is 13.9. The molecule has 0 aromatic heterocycles. The number of nitrogens with one attached hydrogen (secondary N) is 2. The lowest BCUT2D eigenvalue weighted by atomic mass is 9.68. The van der Waals surface area contributed by atoms with Crippen molar-refractivity contribution in [1.29, 1.82) is 0 Å². The van der Waals surface area contributed by atoms with E-state index in [0.29, 0.717) is 29.8 Å². The first-order chi connectivity index (χ1) is 13.8. The van der Waals surface area contributed by atoms with Crippen molar-refractivity contribution in [2.45, 2.75) is 51.4 Å². The average molecular weight is 419 g/mol. The van der Waals surface area contributed by atoms with Crippen molar-refractivity contribution in [2.24, 2.45) is 0 Å². The fourth-order valence-corrected chi connectivity index (χ4v) is 4.54. The molecule has 0 radical (unpaired) electrons. The van der Waals surface area contributed by atoms with E-state index in [9.17, 15) is 17.6 Å². The highest BCUT2D eigenvalue weighted by molar-refractivity contribution is 7.92. The average Bonchev–Trinajstić information content (AvgIpc) is 2.72. The molecule has 0 saturated heterocycles. The van der Waals surface area contributed by atoms with Gasteiger partial charge in [0.05, 0.1) is 11.2 Å². The van der Waals surface area contributed by atoms with E-state index in [2.05, 4.69) is 10.0 Å². The number of amides is 1. The lowest BCUT2D eigenvalue weighted by Crippen LogP contribution is -2.42. The smallest absolute Gasteiger partial charge is 0.235 e. The molecule has 2 N–H and O–H groups in total. The van der Waals surface area contributed by atoms with Gasteiger partial charge in [0.15, 0.2) is 0 Å². The van der Waals surface area contributed by atoms with Gasteiger partial charge in [-0.2, -0.15) is 0 Å². The van der Waals surface area contributed by atoms with Crippen molar-refractivity contribution >= 4 is 27.3 Å². The van der Waals surface area contributed by atoms with Crippen molar-refractivity contribution in [3.63, 3.8) is 0 Å². The molecule has 156 valence electrons. The third-order valence-corrected chi connectivity index (χ3v) is 7.06. The highest BCUT2D eigenvalue weighted by Crippen LogP contribution is 2.41. The van der Waals surface area contributed by atoms with Crippen LogP contribution in [0.4, 0.5) is 15.8 Å². The summed E-state index contributed by atoms with van der Waals surface area (Å²) in [5.41, 5.74) is 1.51. The van der Waals surface area contributed by atoms with Crippen LogP contribution < -0.4 is 10.0 Å². The van der Waals surface area contributed by atoms with Gasteiger partial charge in [-0.15, -0.1) is 0 Å². The van der Waals surface area contributed by atoms with Gasteiger partial charge in [-0.1, -0.05) is 37.5 Å². The van der Waals surface area contributed by atoms with Gasteiger partial charge in [0.2, 0.25) is 15.9 Å². The fourth-order valence-electron chi connectivity index (χ4n) is 3.90. The Labute approximate surface area is 171 Å². The highest BCUT2D eigenvalue weighted by atomic mass is 32.2. The fraction of sp³-hybridized carbons (Fsp3) is 0.409. The van der Waals surface area contributed by atoms with E-state index >= 15 is 0 Å². The Kier molecular flexibility index (Phi) is 6.27. The Bertz CT molecular complexity index is 982. The molecule has 1 amide bonds. The lowest BCUT2D eigenvalue weighted by molar-refractivity contribution is -0.122. The van der Waals surface area contributed by atoms with Gasteiger partial charge >= 0.3 is 0 Å². The number of benzene rings is 2. The van der Waals surface area contributed by atoms with Crippen LogP contribution in [-0.2, 0) is 20.2 Å². The molecule has 5 nitrogen and oxygen atoms in total. The molecule has 2 aromatic rings. The van der Waals surface area contributed by atoms with Crippen LogP contribution in [0.2, 0.25) is 0 Å². The molecule has 0 unspecified atom stereocenters. The van der Waals surface area contributed by atoms with E-state index in [4.69, 9.17) is 0 Å². The van der Waals surface area contributed by atoms with E-state index in [1.54, 1.807) is 38.1 Å². The zero-order valence-corrected chi connectivity index (χ0v) is 17.6. The molecule has 0 heterocycles. The molecule has 7 heteroatoms. The van der Waals surface area contributed by atoms with Gasteiger partial charge in [0.1, 0.15) is 5.82 Å². The van der Waals surface area contributed by atoms with Crippen LogP contribution in [0.5, 0.6) is 0 Å². The van der Waals surface area contributed by atoms with E-state index in [0.717, 1.165) is 24.8 Å². The molecule has 0 bridgehead atoms. The van der Waals surface area contributed by atoms with Gasteiger partial charge in [-0.25, -0.2) is 12.8 Å². The molecule has 1 fully saturated rings. The van der Waals surface area contributed by atoms with Crippen LogP contribution in [0.25, 0.3) is 0 Å². The summed E-state index contributed by atoms with van der Waals surface area (Å²) in [4.78, 5) is 13.4. The maximum Gasteiger partial charge on any atom is 0.235 e. The molecule has 3 rings (SSSR count). The van der Waals surface area contributed by atoms with E-state index in [1.807, 2.05) is 12.1 Å². The minimum Gasteiger partial charge on any atom is -0.325 e. The highest BCUT2D eigenvalue weighted by Gasteiger charge is 2.41. The van der Waals surface area contributed by atoms with Gasteiger partial charge in [0, 0.05) is 16.9 Å². The summed E-state index contributed by atoms with van der Waals surface area (Å²) in [6, 6.07) is 11.7. The molecule has 1 aliphatic carbocycles. The number of hydrogen-bond acceptors (Lipinski definition) is 3. The first kappa shape index (κ1) is 21.3. The second-order valence-corrected chi connectivity index (χ2v) is 9.60. The maximum atomic E-state index is 13.9. The van der Waals surface area contributed by atoms with Crippen LogP contribution >= 0.6 is 0 Å². The zero-order chi connectivity index (χ0) is 21.1. The van der Waals surface area contributed by atoms with Crippen LogP contribution in [0, 0.1) is 12.7 Å². The molecular formula is C22H27FN2O3S. The summed E-state index contributed by atoms with van der Waals surface area (Å²) in [7, 11) is -3.36. The van der Waals surface area contributed by atoms with E-state index < -0.39 is 15.4 Å². The topological polar surface area (TPSA) is 75.3 Å². The normalized spacial score (nSPS) is 16.2. The van der Waals surface area contributed by atoms with E-state index in [-0.39, 0.29) is 17.5 Å². The number of carbonyl (C=O) groups is 1. The zero-order valence-electron chi connectivity index (χ0n) is 16.8. The monoisotopic (exact) mass is 418 g/mol. The van der Waals surface area contributed by atoms with Gasteiger partial charge in [0.25, 0.3) is 0 Å². The molecule has 2 aromatic carbocycles. The number of rotatable bonds is 6. The summed E-state index contributed by atoms with van der Waals surface area (Å²) in [6.45, 7) is 3.22. The van der Waals surface area contributed by atoms with Crippen molar-refractivity contribution in [1.82, 2.24) is 0 Å². The van der Waals surface area contributed by atoms with Crippen LogP contribution in [0.1, 0.15) is 50.2 Å². The number of anilines is 2. The van der Waals surface area contributed by atoms with Crippen molar-refractivity contribution < 1.29 is 17.6 Å². The third kappa shape index (κ3) is 4.61. The third-order valence-electron chi connectivity index (χ3n) is 5.75. The molecule has 1 aliphatic rings. The molecule has 0 aliphatic heterocycles. The molecule has 1 saturated carbocycles. The molecule has 0 atom stereocenters. The summed E-state index contributed by atoms with van der Waals surface area (Å²) in [6.07, 6.45) is 4.34. The second-order valence-electron chi connectivity index (χ2n) is 7.59. The van der Waals surface area contributed by atoms with Gasteiger partial charge in [-0.3, -0.25) is 9.52 Å². The largest absolute Gasteiger partial charge is 0.325 e. The SMILES string of the molecule is CCS(=O)(=O)Nc1ccc(C2(C(=O)Nc3cccc(F)c3C)CCCCC2)cc1. The predicted molar refractivity (Wildman–Crippen MR) is 114 cm³/mol. The lowest BCUT2D eigenvalue weighted by Gasteiger charge is -2.36. The Morgan fingerprint density at radius 3 is 2.34 bits per heavy atom. The predicted octanol–water partition coefficient (Wildman–Crippen LogP) is 4.74. The molecule has 29 heavy (non-hydrogen) atoms.